The summed E-state index contributed by atoms with van der Waals surface area (Å²) in [7, 11) is -1.20. The van der Waals surface area contributed by atoms with E-state index in [0.717, 1.165) is 8.96 Å². The van der Waals surface area contributed by atoms with Crippen molar-refractivity contribution in [2.45, 2.75) is 26.6 Å². The molecule has 0 saturated heterocycles. The zero-order valence-corrected chi connectivity index (χ0v) is 11.4. The molecule has 0 aliphatic heterocycles. The number of halogens is 2. The minimum absolute atomic E-state index is 0.954. The summed E-state index contributed by atoms with van der Waals surface area (Å²) in [6.07, 6.45) is 0. The van der Waals surface area contributed by atoms with Crippen LogP contribution in [0.1, 0.15) is 6.92 Å². The maximum atomic E-state index is 3.32. The van der Waals surface area contributed by atoms with Gasteiger partial charge in [0.1, 0.15) is 8.07 Å². The summed E-state index contributed by atoms with van der Waals surface area (Å²) in [5.41, 5.74) is 4.34. The minimum atomic E-state index is -1.20. The largest absolute Gasteiger partial charge is 0.129 e. The standard InChI is InChI=1S/C8H12Br2Si/c1-7(8(9)10)5-6-11(2,3)4/h1-4H3. The molecule has 0 radical (unpaired) electrons. The Morgan fingerprint density at radius 1 is 1.18 bits per heavy atom. The molecule has 0 aromatic rings. The maximum Gasteiger partial charge on any atom is 0.129 e. The van der Waals surface area contributed by atoms with E-state index < -0.39 is 8.07 Å². The Hall–Kier alpha value is 0.477. The predicted molar refractivity (Wildman–Crippen MR) is 61.7 cm³/mol. The lowest BCUT2D eigenvalue weighted by Crippen LogP contribution is -2.16. The first-order valence-electron chi connectivity index (χ1n) is 3.38. The van der Waals surface area contributed by atoms with E-state index in [1.54, 1.807) is 0 Å². The summed E-state index contributed by atoms with van der Waals surface area (Å²) in [5, 5.41) is 0. The monoisotopic (exact) mass is 294 g/mol. The van der Waals surface area contributed by atoms with Crippen molar-refractivity contribution in [3.63, 3.8) is 0 Å². The van der Waals surface area contributed by atoms with Gasteiger partial charge in [-0.2, -0.15) is 0 Å². The van der Waals surface area contributed by atoms with Gasteiger partial charge >= 0.3 is 0 Å². The fraction of sp³-hybridized carbons (Fsp3) is 0.500. The second-order valence-corrected chi connectivity index (χ2v) is 10.8. The molecule has 0 atom stereocenters. The molecule has 3 heteroatoms. The third-order valence-corrected chi connectivity index (χ3v) is 2.97. The van der Waals surface area contributed by atoms with Gasteiger partial charge < -0.3 is 0 Å². The van der Waals surface area contributed by atoms with E-state index in [9.17, 15) is 0 Å². The fourth-order valence-electron chi connectivity index (χ4n) is 0.328. The van der Waals surface area contributed by atoms with E-state index in [-0.39, 0.29) is 0 Å². The smallest absolute Gasteiger partial charge is 0.127 e. The molecule has 0 aromatic heterocycles. The molecule has 0 amide bonds. The summed E-state index contributed by atoms with van der Waals surface area (Å²) in [6, 6.07) is 0. The minimum Gasteiger partial charge on any atom is -0.127 e. The van der Waals surface area contributed by atoms with Crippen molar-refractivity contribution in [2.75, 3.05) is 0 Å². The molecule has 0 unspecified atom stereocenters. The van der Waals surface area contributed by atoms with Gasteiger partial charge in [0, 0.05) is 5.57 Å². The molecular weight excluding hydrogens is 284 g/mol. The summed E-state index contributed by atoms with van der Waals surface area (Å²) >= 11 is 6.63. The van der Waals surface area contributed by atoms with Crippen LogP contribution in [0.25, 0.3) is 0 Å². The average molecular weight is 296 g/mol. The Balaban J connectivity index is 4.45. The first kappa shape index (κ1) is 11.5. The molecule has 0 bridgehead atoms. The third kappa shape index (κ3) is 6.86. The van der Waals surface area contributed by atoms with E-state index in [4.69, 9.17) is 0 Å². The molecule has 0 aliphatic carbocycles. The molecule has 0 fully saturated rings. The van der Waals surface area contributed by atoms with Gasteiger partial charge in [-0.1, -0.05) is 25.6 Å². The summed E-state index contributed by atoms with van der Waals surface area (Å²) < 4.78 is 0.954. The Bertz CT molecular complexity index is 221. The lowest BCUT2D eigenvalue weighted by atomic mass is 10.4. The molecule has 0 spiro atoms. The average Bonchev–Trinajstić information content (AvgIpc) is 1.80. The quantitative estimate of drug-likeness (QED) is 0.470. The van der Waals surface area contributed by atoms with Crippen molar-refractivity contribution in [2.24, 2.45) is 0 Å². The Morgan fingerprint density at radius 3 is 1.91 bits per heavy atom. The lowest BCUT2D eigenvalue weighted by molar-refractivity contribution is 1.61. The lowest BCUT2D eigenvalue weighted by Gasteiger charge is -2.03. The van der Waals surface area contributed by atoms with Gasteiger partial charge in [-0.05, 0) is 38.8 Å². The molecule has 11 heavy (non-hydrogen) atoms. The van der Waals surface area contributed by atoms with Crippen LogP contribution < -0.4 is 0 Å². The Labute approximate surface area is 86.7 Å². The van der Waals surface area contributed by atoms with Gasteiger partial charge in [-0.3, -0.25) is 0 Å². The van der Waals surface area contributed by atoms with Crippen molar-refractivity contribution in [3.05, 3.63) is 8.96 Å². The summed E-state index contributed by atoms with van der Waals surface area (Å²) in [6.45, 7) is 8.69. The third-order valence-electron chi connectivity index (χ3n) is 0.908. The predicted octanol–water partition coefficient (Wildman–Crippen LogP) is 3.89. The number of rotatable bonds is 0. The molecule has 0 saturated carbocycles. The van der Waals surface area contributed by atoms with Crippen molar-refractivity contribution in [1.82, 2.24) is 0 Å². The fourth-order valence-corrected chi connectivity index (χ4v) is 1.09. The SMILES string of the molecule is CC(C#C[Si](C)(C)C)=C(Br)Br. The summed E-state index contributed by atoms with van der Waals surface area (Å²) in [5.74, 6) is 3.12. The van der Waals surface area contributed by atoms with Gasteiger partial charge in [0.25, 0.3) is 0 Å². The summed E-state index contributed by atoms with van der Waals surface area (Å²) in [4.78, 5) is 0. The van der Waals surface area contributed by atoms with Crippen molar-refractivity contribution in [1.29, 1.82) is 0 Å². The Kier molecular flexibility index (Phi) is 4.68. The zero-order valence-electron chi connectivity index (χ0n) is 7.26. The highest BCUT2D eigenvalue weighted by Gasteiger charge is 2.07. The van der Waals surface area contributed by atoms with Gasteiger partial charge in [0.05, 0.1) is 3.39 Å². The first-order chi connectivity index (χ1) is 4.83. The molecule has 0 N–H and O–H groups in total. The van der Waals surface area contributed by atoms with Crippen LogP contribution in [0.4, 0.5) is 0 Å². The van der Waals surface area contributed by atoms with Gasteiger partial charge in [-0.15, -0.1) is 5.54 Å². The van der Waals surface area contributed by atoms with E-state index in [1.807, 2.05) is 6.92 Å². The van der Waals surface area contributed by atoms with Crippen molar-refractivity contribution < 1.29 is 0 Å². The molecule has 62 valence electrons. The second-order valence-electron chi connectivity index (χ2n) is 3.39. The Morgan fingerprint density at radius 2 is 1.64 bits per heavy atom. The maximum absolute atomic E-state index is 3.32. The van der Waals surface area contributed by atoms with Crippen LogP contribution >= 0.6 is 31.9 Å². The molecule has 0 rings (SSSR count). The van der Waals surface area contributed by atoms with Crippen molar-refractivity contribution >= 4 is 39.9 Å². The number of hydrogen-bond donors (Lipinski definition) is 0. The van der Waals surface area contributed by atoms with E-state index >= 15 is 0 Å². The van der Waals surface area contributed by atoms with Crippen LogP contribution in [0.2, 0.25) is 19.6 Å². The zero-order chi connectivity index (χ0) is 9.07. The van der Waals surface area contributed by atoms with Crippen LogP contribution in [-0.4, -0.2) is 8.07 Å². The normalized spacial score (nSPS) is 10.0. The first-order valence-corrected chi connectivity index (χ1v) is 8.46. The van der Waals surface area contributed by atoms with Crippen LogP contribution in [-0.2, 0) is 0 Å². The molecule has 0 aliphatic rings. The van der Waals surface area contributed by atoms with Gasteiger partial charge in [-0.25, -0.2) is 0 Å². The van der Waals surface area contributed by atoms with Crippen LogP contribution in [0.15, 0.2) is 8.96 Å². The molecule has 0 aromatic carbocycles. The van der Waals surface area contributed by atoms with Gasteiger partial charge in [0.15, 0.2) is 0 Å². The van der Waals surface area contributed by atoms with Gasteiger partial charge in [0.2, 0.25) is 0 Å². The second kappa shape index (κ2) is 4.49. The van der Waals surface area contributed by atoms with Crippen LogP contribution in [0.3, 0.4) is 0 Å². The molecule has 0 heterocycles. The van der Waals surface area contributed by atoms with E-state index in [1.165, 1.54) is 0 Å². The highest BCUT2D eigenvalue weighted by molar-refractivity contribution is 9.28. The topological polar surface area (TPSA) is 0 Å². The van der Waals surface area contributed by atoms with E-state index in [0.29, 0.717) is 0 Å². The number of hydrogen-bond acceptors (Lipinski definition) is 0. The highest BCUT2D eigenvalue weighted by atomic mass is 79.9. The molecule has 0 nitrogen and oxygen atoms in total. The van der Waals surface area contributed by atoms with Crippen molar-refractivity contribution in [3.8, 4) is 11.5 Å². The van der Waals surface area contributed by atoms with Crippen LogP contribution in [0, 0.1) is 11.5 Å². The van der Waals surface area contributed by atoms with Crippen LogP contribution in [0.5, 0.6) is 0 Å². The molecular formula is C8H12Br2Si. The van der Waals surface area contributed by atoms with E-state index in [2.05, 4.69) is 63.0 Å². The highest BCUT2D eigenvalue weighted by Crippen LogP contribution is 2.17. The number of allylic oxidation sites excluding steroid dienone is 1.